The normalized spacial score (nSPS) is 9.12. The molecule has 0 aliphatic rings. The molecule has 7 heteroatoms. The standard InChI is InChI=1S/2C5H5N.H4NO2PS/c2*1-2-4-6-5-3-1;1-4(2,3)5/h2*1-5H;(H4,1,2,3,5). The summed E-state index contributed by atoms with van der Waals surface area (Å²) in [6.07, 6.45) is 7.50. The Bertz CT molecular complexity index is 317. The fourth-order valence-corrected chi connectivity index (χ4v) is 0.684. The summed E-state index contributed by atoms with van der Waals surface area (Å²) in [7, 11) is 0. The van der Waals surface area contributed by atoms with E-state index in [0.29, 0.717) is 0 Å². The monoisotopic (exact) mass is 271 g/mol. The molecular weight excluding hydrogens is 257 g/mol. The van der Waals surface area contributed by atoms with Crippen LogP contribution in [0, 0.1) is 0 Å². The van der Waals surface area contributed by atoms with Gasteiger partial charge in [-0.1, -0.05) is 12.1 Å². The Balaban J connectivity index is 0.000000228. The highest BCUT2D eigenvalue weighted by Gasteiger charge is 1.66. The SMILES string of the molecule is NP([O-])([O-])=S.c1cc[nH+]cc1.c1cc[nH+]cc1. The molecule has 2 aromatic rings. The van der Waals surface area contributed by atoms with Crippen LogP contribution in [-0.4, -0.2) is 0 Å². The molecular formula is C10H14N3O2PS. The third-order valence-corrected chi connectivity index (χ3v) is 1.21. The zero-order chi connectivity index (χ0) is 13.0. The molecule has 2 aromatic heterocycles. The van der Waals surface area contributed by atoms with Crippen molar-refractivity contribution in [3.63, 3.8) is 0 Å². The summed E-state index contributed by atoms with van der Waals surface area (Å²) in [6, 6.07) is 11.7. The van der Waals surface area contributed by atoms with Gasteiger partial charge in [-0.25, -0.2) is 9.97 Å². The molecule has 0 radical (unpaired) electrons. The molecule has 0 amide bonds. The third-order valence-electron chi connectivity index (χ3n) is 1.21. The largest absolute Gasteiger partial charge is 0.822 e. The average Bonchev–Trinajstić information content (AvgIpc) is 2.32. The van der Waals surface area contributed by atoms with Crippen LogP contribution in [0.15, 0.2) is 61.2 Å². The maximum atomic E-state index is 9.25. The van der Waals surface area contributed by atoms with E-state index in [-0.39, 0.29) is 0 Å². The van der Waals surface area contributed by atoms with Crippen LogP contribution in [0.2, 0.25) is 0 Å². The number of rotatable bonds is 0. The number of aromatic nitrogens is 2. The Morgan fingerprint density at radius 1 is 0.765 bits per heavy atom. The molecule has 0 atom stereocenters. The van der Waals surface area contributed by atoms with Crippen LogP contribution in [0.3, 0.4) is 0 Å². The van der Waals surface area contributed by atoms with Gasteiger partial charge in [0, 0.05) is 24.3 Å². The van der Waals surface area contributed by atoms with Crippen molar-refractivity contribution in [3.05, 3.63) is 61.2 Å². The van der Waals surface area contributed by atoms with Gasteiger partial charge in [-0.3, -0.25) is 0 Å². The van der Waals surface area contributed by atoms with E-state index < -0.39 is 6.64 Å². The molecule has 0 aliphatic heterocycles. The molecule has 0 bridgehead atoms. The molecule has 4 N–H and O–H groups in total. The summed E-state index contributed by atoms with van der Waals surface area (Å²) in [4.78, 5) is 24.3. The summed E-state index contributed by atoms with van der Waals surface area (Å²) in [5.41, 5.74) is 4.17. The Morgan fingerprint density at radius 2 is 1.00 bits per heavy atom. The summed E-state index contributed by atoms with van der Waals surface area (Å²) in [5.74, 6) is 0. The van der Waals surface area contributed by atoms with Crippen LogP contribution in [0.25, 0.3) is 0 Å². The van der Waals surface area contributed by atoms with Gasteiger partial charge in [0.25, 0.3) is 0 Å². The number of nitrogens with one attached hydrogen (secondary N) is 2. The highest BCUT2D eigenvalue weighted by Crippen LogP contribution is 2.05. The van der Waals surface area contributed by atoms with Gasteiger partial charge in [0.15, 0.2) is 24.8 Å². The molecule has 0 aromatic carbocycles. The van der Waals surface area contributed by atoms with Gasteiger partial charge in [0.1, 0.15) is 0 Å². The van der Waals surface area contributed by atoms with Crippen LogP contribution in [-0.2, 0) is 11.8 Å². The van der Waals surface area contributed by atoms with E-state index in [1.807, 2.05) is 61.2 Å². The summed E-state index contributed by atoms with van der Waals surface area (Å²) < 4.78 is 0. The minimum atomic E-state index is -3.81. The second-order valence-electron chi connectivity index (χ2n) is 2.69. The van der Waals surface area contributed by atoms with E-state index in [1.54, 1.807) is 0 Å². The van der Waals surface area contributed by atoms with Gasteiger partial charge in [0.05, 0.1) is 0 Å². The van der Waals surface area contributed by atoms with Gasteiger partial charge < -0.3 is 15.3 Å². The van der Waals surface area contributed by atoms with Crippen molar-refractivity contribution in [2.24, 2.45) is 5.50 Å². The van der Waals surface area contributed by atoms with Gasteiger partial charge in [-0.05, 0) is 0 Å². The van der Waals surface area contributed by atoms with E-state index in [2.05, 4.69) is 27.3 Å². The Morgan fingerprint density at radius 3 is 1.06 bits per heavy atom. The van der Waals surface area contributed by atoms with Crippen molar-refractivity contribution in [1.29, 1.82) is 0 Å². The van der Waals surface area contributed by atoms with Gasteiger partial charge in [-0.15, -0.1) is 11.8 Å². The number of nitrogens with two attached hydrogens (primary N) is 1. The van der Waals surface area contributed by atoms with Crippen molar-refractivity contribution in [2.45, 2.75) is 0 Å². The number of hydrogen-bond acceptors (Lipinski definition) is 3. The Kier molecular flexibility index (Phi) is 9.33. The lowest BCUT2D eigenvalue weighted by molar-refractivity contribution is -0.378. The fraction of sp³-hybridized carbons (Fsp3) is 0. The molecule has 0 saturated heterocycles. The average molecular weight is 271 g/mol. The molecule has 0 aliphatic carbocycles. The van der Waals surface area contributed by atoms with Gasteiger partial charge in [0.2, 0.25) is 0 Å². The van der Waals surface area contributed by atoms with Crippen LogP contribution in [0.5, 0.6) is 0 Å². The predicted molar refractivity (Wildman–Crippen MR) is 64.5 cm³/mol. The molecule has 0 fully saturated rings. The lowest BCUT2D eigenvalue weighted by Gasteiger charge is -2.27. The molecule has 0 unspecified atom stereocenters. The molecule has 0 spiro atoms. The molecule has 0 saturated carbocycles. The highest BCUT2D eigenvalue weighted by molar-refractivity contribution is 8.06. The second kappa shape index (κ2) is 10.0. The quantitative estimate of drug-likeness (QED) is 0.614. The van der Waals surface area contributed by atoms with Crippen molar-refractivity contribution >= 4 is 18.4 Å². The highest BCUT2D eigenvalue weighted by atomic mass is 32.5. The number of H-pyrrole nitrogens is 2. The van der Waals surface area contributed by atoms with Gasteiger partial charge >= 0.3 is 0 Å². The maximum absolute atomic E-state index is 9.25. The summed E-state index contributed by atoms with van der Waals surface area (Å²) in [6.45, 7) is -3.81. The van der Waals surface area contributed by atoms with Crippen molar-refractivity contribution < 1.29 is 19.8 Å². The lowest BCUT2D eigenvalue weighted by atomic mass is 10.5. The Hall–Kier alpha value is -1.17. The van der Waals surface area contributed by atoms with Crippen molar-refractivity contribution in [1.82, 2.24) is 0 Å². The van der Waals surface area contributed by atoms with E-state index in [0.717, 1.165) is 0 Å². The smallest absolute Gasteiger partial charge is 0.166 e. The van der Waals surface area contributed by atoms with E-state index in [9.17, 15) is 9.79 Å². The Labute approximate surface area is 105 Å². The van der Waals surface area contributed by atoms with Crippen LogP contribution in [0.4, 0.5) is 0 Å². The summed E-state index contributed by atoms with van der Waals surface area (Å²) in [5, 5.41) is 0. The van der Waals surface area contributed by atoms with Crippen LogP contribution >= 0.6 is 6.64 Å². The first-order valence-electron chi connectivity index (χ1n) is 4.63. The topological polar surface area (TPSA) is 100 Å². The van der Waals surface area contributed by atoms with Crippen LogP contribution < -0.4 is 25.3 Å². The first-order valence-corrected chi connectivity index (χ1v) is 7.33. The first kappa shape index (κ1) is 15.8. The molecule has 17 heavy (non-hydrogen) atoms. The van der Waals surface area contributed by atoms with Gasteiger partial charge in [-0.2, -0.15) is 6.64 Å². The fourth-order valence-electron chi connectivity index (χ4n) is 0.684. The number of aromatic amines is 2. The number of hydrogen-bond donors (Lipinski definition) is 1. The van der Waals surface area contributed by atoms with E-state index in [4.69, 9.17) is 0 Å². The zero-order valence-corrected chi connectivity index (χ0v) is 10.7. The predicted octanol–water partition coefficient (Wildman–Crippen LogP) is -1.11. The minimum Gasteiger partial charge on any atom is -0.822 e. The van der Waals surface area contributed by atoms with E-state index in [1.165, 1.54) is 0 Å². The summed E-state index contributed by atoms with van der Waals surface area (Å²) >= 11 is 3.60. The maximum Gasteiger partial charge on any atom is 0.166 e. The third kappa shape index (κ3) is 20.8. The van der Waals surface area contributed by atoms with Crippen LogP contribution in [0.1, 0.15) is 0 Å². The minimum absolute atomic E-state index is 1.88. The van der Waals surface area contributed by atoms with E-state index >= 15 is 0 Å². The molecule has 2 heterocycles. The number of pyridine rings is 2. The zero-order valence-electron chi connectivity index (χ0n) is 9.02. The van der Waals surface area contributed by atoms with Crippen molar-refractivity contribution in [3.8, 4) is 0 Å². The van der Waals surface area contributed by atoms with Crippen molar-refractivity contribution in [2.75, 3.05) is 0 Å². The molecule has 5 nitrogen and oxygen atoms in total. The second-order valence-corrected chi connectivity index (χ2v) is 5.30. The lowest BCUT2D eigenvalue weighted by Crippen LogP contribution is -2.20. The molecule has 2 rings (SSSR count). The first-order chi connectivity index (χ1) is 8.00. The molecule has 92 valence electrons.